The molecular formula is C13H10Br2Cl2N2. The summed E-state index contributed by atoms with van der Waals surface area (Å²) < 4.78 is 1.91. The van der Waals surface area contributed by atoms with Gasteiger partial charge in [0, 0.05) is 8.95 Å². The zero-order valence-electron chi connectivity index (χ0n) is 9.63. The van der Waals surface area contributed by atoms with Gasteiger partial charge in [-0.1, -0.05) is 67.2 Å². The molecule has 0 amide bonds. The number of rotatable bonds is 3. The van der Waals surface area contributed by atoms with Crippen LogP contribution in [0, 0.1) is 0 Å². The Morgan fingerprint density at radius 3 is 2.26 bits per heavy atom. The Labute approximate surface area is 138 Å². The van der Waals surface area contributed by atoms with Gasteiger partial charge in [0.15, 0.2) is 0 Å². The minimum absolute atomic E-state index is 0.236. The fraction of sp³-hybridized carbons (Fsp3) is 0.0769. The molecule has 1 atom stereocenters. The van der Waals surface area contributed by atoms with E-state index < -0.39 is 0 Å². The predicted molar refractivity (Wildman–Crippen MR) is 87.5 cm³/mol. The summed E-state index contributed by atoms with van der Waals surface area (Å²) in [6.07, 6.45) is 0. The first kappa shape index (κ1) is 15.3. The Balaban J connectivity index is 2.53. The van der Waals surface area contributed by atoms with E-state index in [0.29, 0.717) is 10.0 Å². The summed E-state index contributed by atoms with van der Waals surface area (Å²) in [5.74, 6) is 5.67. The molecule has 0 spiro atoms. The molecule has 0 bridgehead atoms. The molecule has 0 radical (unpaired) electrons. The van der Waals surface area contributed by atoms with Crippen molar-refractivity contribution in [3.05, 3.63) is 66.5 Å². The van der Waals surface area contributed by atoms with Crippen LogP contribution in [0.15, 0.2) is 45.3 Å². The third kappa shape index (κ3) is 3.51. The zero-order chi connectivity index (χ0) is 14.0. The van der Waals surface area contributed by atoms with Crippen molar-refractivity contribution in [3.8, 4) is 0 Å². The highest BCUT2D eigenvalue weighted by molar-refractivity contribution is 9.11. The molecule has 0 fully saturated rings. The van der Waals surface area contributed by atoms with Gasteiger partial charge in [0.05, 0.1) is 16.1 Å². The van der Waals surface area contributed by atoms with Gasteiger partial charge in [0.2, 0.25) is 0 Å². The highest BCUT2D eigenvalue weighted by atomic mass is 79.9. The van der Waals surface area contributed by atoms with Crippen molar-refractivity contribution in [3.63, 3.8) is 0 Å². The van der Waals surface area contributed by atoms with Gasteiger partial charge >= 0.3 is 0 Å². The molecule has 0 aliphatic rings. The lowest BCUT2D eigenvalue weighted by atomic mass is 9.99. The van der Waals surface area contributed by atoms with Gasteiger partial charge in [0.1, 0.15) is 0 Å². The van der Waals surface area contributed by atoms with Crippen LogP contribution in [0.2, 0.25) is 10.0 Å². The molecule has 0 heterocycles. The van der Waals surface area contributed by atoms with Crippen LogP contribution in [-0.4, -0.2) is 0 Å². The highest BCUT2D eigenvalue weighted by Crippen LogP contribution is 2.34. The number of halogens is 4. The third-order valence-corrected chi connectivity index (χ3v) is 4.43. The van der Waals surface area contributed by atoms with E-state index in [1.54, 1.807) is 6.07 Å². The quantitative estimate of drug-likeness (QED) is 0.533. The molecule has 6 heteroatoms. The molecule has 19 heavy (non-hydrogen) atoms. The van der Waals surface area contributed by atoms with Crippen LogP contribution in [0.4, 0.5) is 0 Å². The molecule has 3 N–H and O–H groups in total. The number of hydrogen-bond acceptors (Lipinski definition) is 2. The first-order valence-electron chi connectivity index (χ1n) is 5.39. The molecule has 1 unspecified atom stereocenters. The number of hydrazine groups is 1. The van der Waals surface area contributed by atoms with Gasteiger partial charge in [0.25, 0.3) is 0 Å². The monoisotopic (exact) mass is 422 g/mol. The first-order chi connectivity index (χ1) is 9.02. The summed E-state index contributed by atoms with van der Waals surface area (Å²) in [6, 6.07) is 11.2. The van der Waals surface area contributed by atoms with Crippen molar-refractivity contribution < 1.29 is 0 Å². The molecule has 100 valence electrons. The van der Waals surface area contributed by atoms with E-state index in [4.69, 9.17) is 29.0 Å². The van der Waals surface area contributed by atoms with E-state index in [-0.39, 0.29) is 6.04 Å². The zero-order valence-corrected chi connectivity index (χ0v) is 14.3. The Hall–Kier alpha value is -0.100. The summed E-state index contributed by atoms with van der Waals surface area (Å²) in [7, 11) is 0. The van der Waals surface area contributed by atoms with E-state index in [0.717, 1.165) is 20.1 Å². The van der Waals surface area contributed by atoms with Crippen LogP contribution < -0.4 is 11.3 Å². The largest absolute Gasteiger partial charge is 0.271 e. The van der Waals surface area contributed by atoms with Crippen LogP contribution in [0.3, 0.4) is 0 Å². The lowest BCUT2D eigenvalue weighted by Crippen LogP contribution is -2.29. The number of nitrogens with one attached hydrogen (secondary N) is 1. The maximum absolute atomic E-state index is 6.25. The average Bonchev–Trinajstić information content (AvgIpc) is 2.34. The number of benzene rings is 2. The van der Waals surface area contributed by atoms with Crippen molar-refractivity contribution in [2.45, 2.75) is 6.04 Å². The van der Waals surface area contributed by atoms with Crippen LogP contribution >= 0.6 is 55.1 Å². The Morgan fingerprint density at radius 2 is 1.68 bits per heavy atom. The van der Waals surface area contributed by atoms with Gasteiger partial charge in [-0.3, -0.25) is 5.84 Å². The van der Waals surface area contributed by atoms with Gasteiger partial charge in [-0.2, -0.15) is 0 Å². The summed E-state index contributed by atoms with van der Waals surface area (Å²) >= 11 is 19.2. The Kier molecular flexibility index (Phi) is 5.29. The lowest BCUT2D eigenvalue weighted by Gasteiger charge is -2.19. The maximum Gasteiger partial charge on any atom is 0.0725 e. The molecule has 0 saturated carbocycles. The third-order valence-electron chi connectivity index (χ3n) is 2.68. The van der Waals surface area contributed by atoms with Crippen LogP contribution in [-0.2, 0) is 0 Å². The van der Waals surface area contributed by atoms with E-state index in [9.17, 15) is 0 Å². The minimum Gasteiger partial charge on any atom is -0.271 e. The highest BCUT2D eigenvalue weighted by Gasteiger charge is 2.17. The smallest absolute Gasteiger partial charge is 0.0725 e. The minimum atomic E-state index is -0.236. The molecule has 0 aromatic heterocycles. The SMILES string of the molecule is NNC(c1cc(Br)cc(Br)c1)c1cccc(Cl)c1Cl. The van der Waals surface area contributed by atoms with Crippen molar-refractivity contribution in [1.29, 1.82) is 0 Å². The molecular weight excluding hydrogens is 415 g/mol. The van der Waals surface area contributed by atoms with E-state index >= 15 is 0 Å². The Bertz CT molecular complexity index is 585. The standard InChI is InChI=1S/C13H10Br2Cl2N2/c14-8-4-7(5-9(15)6-8)13(19-18)10-2-1-3-11(16)12(10)17/h1-6,13,19H,18H2. The van der Waals surface area contributed by atoms with Crippen molar-refractivity contribution in [2.75, 3.05) is 0 Å². The van der Waals surface area contributed by atoms with E-state index in [1.807, 2.05) is 30.3 Å². The van der Waals surface area contributed by atoms with Gasteiger partial charge < -0.3 is 0 Å². The second-order valence-electron chi connectivity index (χ2n) is 3.95. The second kappa shape index (κ2) is 6.57. The normalized spacial score (nSPS) is 12.5. The molecule has 0 aliphatic heterocycles. The molecule has 2 aromatic carbocycles. The fourth-order valence-corrected chi connectivity index (χ4v) is 3.60. The van der Waals surface area contributed by atoms with Gasteiger partial charge in [-0.25, -0.2) is 5.43 Å². The summed E-state index contributed by atoms with van der Waals surface area (Å²) in [4.78, 5) is 0. The molecule has 2 nitrogen and oxygen atoms in total. The summed E-state index contributed by atoms with van der Waals surface area (Å²) in [5.41, 5.74) is 4.59. The molecule has 0 aliphatic carbocycles. The van der Waals surface area contributed by atoms with Crippen molar-refractivity contribution in [1.82, 2.24) is 5.43 Å². The molecule has 2 aromatic rings. The van der Waals surface area contributed by atoms with Crippen molar-refractivity contribution >= 4 is 55.1 Å². The molecule has 2 rings (SSSR count). The summed E-state index contributed by atoms with van der Waals surface area (Å²) in [5, 5.41) is 1.01. The van der Waals surface area contributed by atoms with E-state index in [2.05, 4.69) is 37.3 Å². The van der Waals surface area contributed by atoms with Gasteiger partial charge in [-0.15, -0.1) is 0 Å². The van der Waals surface area contributed by atoms with E-state index in [1.165, 1.54) is 0 Å². The number of nitrogens with two attached hydrogens (primary N) is 1. The summed E-state index contributed by atoms with van der Waals surface area (Å²) in [6.45, 7) is 0. The topological polar surface area (TPSA) is 38.0 Å². The predicted octanol–water partition coefficient (Wildman–Crippen LogP) is 5.07. The second-order valence-corrected chi connectivity index (χ2v) is 6.56. The Morgan fingerprint density at radius 1 is 1.05 bits per heavy atom. The van der Waals surface area contributed by atoms with Crippen LogP contribution in [0.1, 0.15) is 17.2 Å². The van der Waals surface area contributed by atoms with Gasteiger partial charge in [-0.05, 0) is 35.4 Å². The van der Waals surface area contributed by atoms with Crippen molar-refractivity contribution in [2.24, 2.45) is 5.84 Å². The first-order valence-corrected chi connectivity index (χ1v) is 7.73. The molecule has 0 saturated heterocycles. The lowest BCUT2D eigenvalue weighted by molar-refractivity contribution is 0.636. The average molecular weight is 425 g/mol. The maximum atomic E-state index is 6.25. The fourth-order valence-electron chi connectivity index (χ4n) is 1.85. The van der Waals surface area contributed by atoms with Crippen LogP contribution in [0.25, 0.3) is 0 Å². The van der Waals surface area contributed by atoms with Crippen LogP contribution in [0.5, 0.6) is 0 Å². The number of hydrogen-bond donors (Lipinski definition) is 2.